The fourth-order valence-corrected chi connectivity index (χ4v) is 2.41. The molecular weight excluding hydrogens is 290 g/mol. The molecule has 0 atom stereocenters. The molecule has 2 amide bonds. The van der Waals surface area contributed by atoms with Gasteiger partial charge in [-0.25, -0.2) is 0 Å². The van der Waals surface area contributed by atoms with Gasteiger partial charge in [-0.05, 0) is 44.0 Å². The van der Waals surface area contributed by atoms with Crippen molar-refractivity contribution in [2.45, 2.75) is 26.3 Å². The summed E-state index contributed by atoms with van der Waals surface area (Å²) in [5.41, 5.74) is 1.68. The number of benzene rings is 1. The zero-order chi connectivity index (χ0) is 16.3. The molecule has 3 rings (SSSR count). The molecular formula is C18H19N3O2. The van der Waals surface area contributed by atoms with Crippen molar-refractivity contribution in [3.63, 3.8) is 0 Å². The molecule has 1 aliphatic carbocycles. The second kappa shape index (κ2) is 6.20. The van der Waals surface area contributed by atoms with Crippen molar-refractivity contribution in [2.75, 3.05) is 5.32 Å². The third-order valence-electron chi connectivity index (χ3n) is 4.08. The Hall–Kier alpha value is -2.69. The van der Waals surface area contributed by atoms with E-state index in [1.165, 1.54) is 0 Å². The van der Waals surface area contributed by atoms with Crippen molar-refractivity contribution in [1.82, 2.24) is 10.3 Å². The Balaban J connectivity index is 1.60. The van der Waals surface area contributed by atoms with Crippen LogP contribution < -0.4 is 10.6 Å². The van der Waals surface area contributed by atoms with E-state index in [0.717, 1.165) is 11.3 Å². The molecule has 1 saturated carbocycles. The summed E-state index contributed by atoms with van der Waals surface area (Å²) in [5.74, 6) is -0.465. The smallest absolute Gasteiger partial charge is 0.240 e. The highest BCUT2D eigenvalue weighted by molar-refractivity contribution is 6.13. The van der Waals surface area contributed by atoms with Crippen LogP contribution in [0.4, 0.5) is 5.69 Å². The number of aromatic nitrogens is 1. The monoisotopic (exact) mass is 309 g/mol. The van der Waals surface area contributed by atoms with E-state index in [0.29, 0.717) is 25.1 Å². The second-order valence-electron chi connectivity index (χ2n) is 5.91. The van der Waals surface area contributed by atoms with Crippen LogP contribution in [0.2, 0.25) is 0 Å². The summed E-state index contributed by atoms with van der Waals surface area (Å²) in [6.07, 6.45) is 2.84. The summed E-state index contributed by atoms with van der Waals surface area (Å²) in [4.78, 5) is 29.0. The average Bonchev–Trinajstić information content (AvgIpc) is 3.38. The predicted octanol–water partition coefficient (Wildman–Crippen LogP) is 2.43. The predicted molar refractivity (Wildman–Crippen MR) is 87.6 cm³/mol. The second-order valence-corrected chi connectivity index (χ2v) is 5.91. The van der Waals surface area contributed by atoms with Crippen LogP contribution in [0.5, 0.6) is 0 Å². The lowest BCUT2D eigenvalue weighted by Gasteiger charge is -2.15. The molecule has 23 heavy (non-hydrogen) atoms. The first-order valence-corrected chi connectivity index (χ1v) is 7.66. The molecule has 0 radical (unpaired) electrons. The van der Waals surface area contributed by atoms with Crippen molar-refractivity contribution in [1.29, 1.82) is 0 Å². The Bertz CT molecular complexity index is 707. The molecule has 1 heterocycles. The Morgan fingerprint density at radius 3 is 2.43 bits per heavy atom. The van der Waals surface area contributed by atoms with Gasteiger partial charge in [0.2, 0.25) is 11.8 Å². The van der Waals surface area contributed by atoms with Gasteiger partial charge in [0, 0.05) is 11.9 Å². The molecule has 0 saturated heterocycles. The molecule has 118 valence electrons. The molecule has 0 bridgehead atoms. The third-order valence-corrected chi connectivity index (χ3v) is 4.08. The van der Waals surface area contributed by atoms with E-state index in [9.17, 15) is 9.59 Å². The van der Waals surface area contributed by atoms with Gasteiger partial charge < -0.3 is 10.6 Å². The SMILES string of the molecule is Cc1ccc(NC(=O)C2(C(=O)NCc3ccccn3)CC2)cc1. The molecule has 0 spiro atoms. The zero-order valence-electron chi connectivity index (χ0n) is 13.0. The fraction of sp³-hybridized carbons (Fsp3) is 0.278. The van der Waals surface area contributed by atoms with Gasteiger partial charge in [0.15, 0.2) is 0 Å². The van der Waals surface area contributed by atoms with Crippen LogP contribution in [-0.2, 0) is 16.1 Å². The molecule has 2 aromatic rings. The Morgan fingerprint density at radius 1 is 1.09 bits per heavy atom. The normalized spacial score (nSPS) is 14.8. The lowest BCUT2D eigenvalue weighted by Crippen LogP contribution is -2.39. The van der Waals surface area contributed by atoms with Crippen molar-refractivity contribution in [3.05, 3.63) is 59.9 Å². The molecule has 1 aromatic carbocycles. The van der Waals surface area contributed by atoms with Crippen LogP contribution in [0.1, 0.15) is 24.1 Å². The van der Waals surface area contributed by atoms with Gasteiger partial charge in [-0.15, -0.1) is 0 Å². The van der Waals surface area contributed by atoms with Crippen molar-refractivity contribution in [2.24, 2.45) is 5.41 Å². The maximum atomic E-state index is 12.4. The lowest BCUT2D eigenvalue weighted by molar-refractivity contribution is -0.134. The van der Waals surface area contributed by atoms with Crippen molar-refractivity contribution in [3.8, 4) is 0 Å². The largest absolute Gasteiger partial charge is 0.350 e. The molecule has 1 aliphatic rings. The van der Waals surface area contributed by atoms with Crippen LogP contribution in [0, 0.1) is 12.3 Å². The van der Waals surface area contributed by atoms with Crippen molar-refractivity contribution < 1.29 is 9.59 Å². The minimum atomic E-state index is -0.931. The minimum absolute atomic E-state index is 0.229. The van der Waals surface area contributed by atoms with Crippen molar-refractivity contribution >= 4 is 17.5 Å². The topological polar surface area (TPSA) is 71.1 Å². The van der Waals surface area contributed by atoms with Crippen LogP contribution in [0.25, 0.3) is 0 Å². The summed E-state index contributed by atoms with van der Waals surface area (Å²) in [6, 6.07) is 13.1. The van der Waals surface area contributed by atoms with Gasteiger partial charge in [0.25, 0.3) is 0 Å². The highest BCUT2D eigenvalue weighted by Gasteiger charge is 2.56. The molecule has 0 aliphatic heterocycles. The van der Waals surface area contributed by atoms with E-state index in [4.69, 9.17) is 0 Å². The number of hydrogen-bond donors (Lipinski definition) is 2. The van der Waals surface area contributed by atoms with Gasteiger partial charge in [0.05, 0.1) is 12.2 Å². The highest BCUT2D eigenvalue weighted by atomic mass is 16.2. The summed E-state index contributed by atoms with van der Waals surface area (Å²) in [7, 11) is 0. The van der Waals surface area contributed by atoms with Gasteiger partial charge in [0.1, 0.15) is 5.41 Å². The van der Waals surface area contributed by atoms with E-state index in [-0.39, 0.29) is 11.8 Å². The van der Waals surface area contributed by atoms with E-state index in [2.05, 4.69) is 15.6 Å². The van der Waals surface area contributed by atoms with Gasteiger partial charge >= 0.3 is 0 Å². The van der Waals surface area contributed by atoms with Gasteiger partial charge in [-0.1, -0.05) is 23.8 Å². The maximum Gasteiger partial charge on any atom is 0.240 e. The quantitative estimate of drug-likeness (QED) is 0.833. The number of anilines is 1. The average molecular weight is 309 g/mol. The number of aryl methyl sites for hydroxylation is 1. The minimum Gasteiger partial charge on any atom is -0.350 e. The number of pyridine rings is 1. The maximum absolute atomic E-state index is 12.4. The summed E-state index contributed by atoms with van der Waals surface area (Å²) >= 11 is 0. The molecule has 1 aromatic heterocycles. The summed E-state index contributed by atoms with van der Waals surface area (Å²) < 4.78 is 0. The van der Waals surface area contributed by atoms with E-state index in [1.807, 2.05) is 49.4 Å². The summed E-state index contributed by atoms with van der Waals surface area (Å²) in [5, 5.41) is 5.65. The number of amides is 2. The lowest BCUT2D eigenvalue weighted by atomic mass is 10.0. The van der Waals surface area contributed by atoms with Crippen LogP contribution in [0.15, 0.2) is 48.7 Å². The third kappa shape index (κ3) is 3.39. The number of carbonyl (C=O) groups is 2. The highest BCUT2D eigenvalue weighted by Crippen LogP contribution is 2.46. The number of nitrogens with zero attached hydrogens (tertiary/aromatic N) is 1. The van der Waals surface area contributed by atoms with E-state index < -0.39 is 5.41 Å². The van der Waals surface area contributed by atoms with Crippen LogP contribution in [0.3, 0.4) is 0 Å². The van der Waals surface area contributed by atoms with E-state index in [1.54, 1.807) is 6.20 Å². The van der Waals surface area contributed by atoms with Gasteiger partial charge in [-0.2, -0.15) is 0 Å². The van der Waals surface area contributed by atoms with Crippen LogP contribution in [-0.4, -0.2) is 16.8 Å². The number of hydrogen-bond acceptors (Lipinski definition) is 3. The number of nitrogens with one attached hydrogen (secondary N) is 2. The fourth-order valence-electron chi connectivity index (χ4n) is 2.41. The Labute approximate surface area is 135 Å². The first kappa shape index (κ1) is 15.2. The first-order chi connectivity index (χ1) is 11.1. The molecule has 5 nitrogen and oxygen atoms in total. The number of rotatable bonds is 5. The molecule has 1 fully saturated rings. The van der Waals surface area contributed by atoms with Gasteiger partial charge in [-0.3, -0.25) is 14.6 Å². The Morgan fingerprint density at radius 2 is 1.83 bits per heavy atom. The number of carbonyl (C=O) groups excluding carboxylic acids is 2. The van der Waals surface area contributed by atoms with Crippen LogP contribution >= 0.6 is 0 Å². The molecule has 2 N–H and O–H groups in total. The first-order valence-electron chi connectivity index (χ1n) is 7.66. The zero-order valence-corrected chi connectivity index (χ0v) is 13.0. The Kier molecular flexibility index (Phi) is 4.10. The van der Waals surface area contributed by atoms with E-state index >= 15 is 0 Å². The summed E-state index contributed by atoms with van der Waals surface area (Å²) in [6.45, 7) is 2.32. The standard InChI is InChI=1S/C18H19N3O2/c1-13-5-7-14(8-6-13)21-17(23)18(9-10-18)16(22)20-12-15-4-2-3-11-19-15/h2-8,11H,9-10,12H2,1H3,(H,20,22)(H,21,23). The molecule has 5 heteroatoms. The molecule has 0 unspecified atom stereocenters.